The summed E-state index contributed by atoms with van der Waals surface area (Å²) in [7, 11) is 0. The van der Waals surface area contributed by atoms with Gasteiger partial charge in [-0.15, -0.1) is 0 Å². The van der Waals surface area contributed by atoms with Crippen LogP contribution in [0.4, 0.5) is 0 Å². The predicted octanol–water partition coefficient (Wildman–Crippen LogP) is 3.82. The minimum Gasteiger partial charge on any atom is -0.362 e. The fourth-order valence-corrected chi connectivity index (χ4v) is 3.98. The Hall–Kier alpha value is -0.180. The first-order chi connectivity index (χ1) is 8.40. The van der Waals surface area contributed by atoms with E-state index in [0.29, 0.717) is 0 Å². The van der Waals surface area contributed by atoms with Gasteiger partial charge in [-0.05, 0) is 25.2 Å². The standard InChI is InChI=1S/C14H26N2S/c1-2-3-4-7-10-15-14-16-13-9-6-5-8-12(13)11-17-14/h12-13H,2-11H2,1H3,(H,15,16). The first-order valence-corrected chi connectivity index (χ1v) is 8.32. The van der Waals surface area contributed by atoms with Crippen LogP contribution in [0.1, 0.15) is 58.3 Å². The maximum atomic E-state index is 4.71. The van der Waals surface area contributed by atoms with E-state index in [-0.39, 0.29) is 0 Å². The van der Waals surface area contributed by atoms with Crippen molar-refractivity contribution >= 4 is 16.9 Å². The lowest BCUT2D eigenvalue weighted by atomic mass is 9.86. The topological polar surface area (TPSA) is 24.4 Å². The zero-order valence-electron chi connectivity index (χ0n) is 11.1. The van der Waals surface area contributed by atoms with Crippen molar-refractivity contribution in [2.75, 3.05) is 12.3 Å². The molecule has 1 saturated heterocycles. The molecule has 17 heavy (non-hydrogen) atoms. The van der Waals surface area contributed by atoms with Crippen LogP contribution >= 0.6 is 11.8 Å². The van der Waals surface area contributed by atoms with Gasteiger partial charge in [-0.25, -0.2) is 0 Å². The lowest BCUT2D eigenvalue weighted by Crippen LogP contribution is -2.46. The normalized spacial score (nSPS) is 31.0. The van der Waals surface area contributed by atoms with Gasteiger partial charge in [0.2, 0.25) is 0 Å². The summed E-state index contributed by atoms with van der Waals surface area (Å²) in [4.78, 5) is 4.71. The molecular formula is C14H26N2S. The van der Waals surface area contributed by atoms with Crippen molar-refractivity contribution in [1.29, 1.82) is 0 Å². The molecule has 1 aliphatic heterocycles. The molecule has 0 spiro atoms. The molecule has 98 valence electrons. The molecule has 2 fully saturated rings. The fourth-order valence-electron chi connectivity index (χ4n) is 2.79. The zero-order chi connectivity index (χ0) is 11.9. The summed E-state index contributed by atoms with van der Waals surface area (Å²) in [6, 6.07) is 0.736. The van der Waals surface area contributed by atoms with Gasteiger partial charge < -0.3 is 5.32 Å². The van der Waals surface area contributed by atoms with Crippen molar-refractivity contribution in [2.45, 2.75) is 64.3 Å². The van der Waals surface area contributed by atoms with Crippen LogP contribution in [0, 0.1) is 5.92 Å². The second-order valence-corrected chi connectivity index (χ2v) is 6.36. The molecule has 2 unspecified atom stereocenters. The highest BCUT2D eigenvalue weighted by molar-refractivity contribution is 8.13. The monoisotopic (exact) mass is 254 g/mol. The molecule has 1 saturated carbocycles. The van der Waals surface area contributed by atoms with Gasteiger partial charge in [0.05, 0.1) is 0 Å². The summed E-state index contributed by atoms with van der Waals surface area (Å²) in [5.74, 6) is 2.21. The average molecular weight is 254 g/mol. The minimum atomic E-state index is 0.736. The number of hydrogen-bond donors (Lipinski definition) is 1. The van der Waals surface area contributed by atoms with Crippen LogP contribution < -0.4 is 5.32 Å². The molecule has 1 N–H and O–H groups in total. The number of nitrogens with one attached hydrogen (secondary N) is 1. The third kappa shape index (κ3) is 4.20. The number of fused-ring (bicyclic) bond motifs is 1. The van der Waals surface area contributed by atoms with Crippen LogP contribution in [0.15, 0.2) is 4.99 Å². The van der Waals surface area contributed by atoms with E-state index in [2.05, 4.69) is 12.2 Å². The molecule has 0 radical (unpaired) electrons. The number of amidine groups is 1. The molecule has 3 heteroatoms. The highest BCUT2D eigenvalue weighted by Gasteiger charge is 2.29. The second-order valence-electron chi connectivity index (χ2n) is 5.35. The Kier molecular flexibility index (Phi) is 5.69. The molecule has 2 rings (SSSR count). The van der Waals surface area contributed by atoms with E-state index in [9.17, 15) is 0 Å². The molecule has 0 amide bonds. The predicted molar refractivity (Wildman–Crippen MR) is 77.8 cm³/mol. The van der Waals surface area contributed by atoms with E-state index in [1.807, 2.05) is 11.8 Å². The number of rotatable bonds is 5. The molecule has 2 aliphatic rings. The molecule has 1 heterocycles. The third-order valence-corrected chi connectivity index (χ3v) is 5.03. The molecule has 0 aromatic heterocycles. The number of thioether (sulfide) groups is 1. The van der Waals surface area contributed by atoms with Gasteiger partial charge in [0.15, 0.2) is 5.17 Å². The Labute approximate surface area is 110 Å². The van der Waals surface area contributed by atoms with Gasteiger partial charge in [0.25, 0.3) is 0 Å². The Morgan fingerprint density at radius 1 is 1.24 bits per heavy atom. The SMILES string of the molecule is CCCCCCN=C1NC2CCCCC2CS1. The summed E-state index contributed by atoms with van der Waals surface area (Å²) in [5, 5.41) is 4.89. The third-order valence-electron chi connectivity index (χ3n) is 3.92. The summed E-state index contributed by atoms with van der Waals surface area (Å²) < 4.78 is 0. The van der Waals surface area contributed by atoms with E-state index in [1.54, 1.807) is 0 Å². The maximum Gasteiger partial charge on any atom is 0.156 e. The number of hydrogen-bond acceptors (Lipinski definition) is 2. The van der Waals surface area contributed by atoms with Crippen molar-refractivity contribution in [3.63, 3.8) is 0 Å². The number of unbranched alkanes of at least 4 members (excludes halogenated alkanes) is 3. The van der Waals surface area contributed by atoms with Gasteiger partial charge in [0, 0.05) is 18.3 Å². The van der Waals surface area contributed by atoms with Gasteiger partial charge >= 0.3 is 0 Å². The lowest BCUT2D eigenvalue weighted by Gasteiger charge is -2.36. The Bertz CT molecular complexity index is 253. The van der Waals surface area contributed by atoms with Gasteiger partial charge in [-0.2, -0.15) is 0 Å². The van der Waals surface area contributed by atoms with Crippen LogP contribution in [0.2, 0.25) is 0 Å². The Balaban J connectivity index is 1.69. The average Bonchev–Trinajstić information content (AvgIpc) is 2.38. The highest BCUT2D eigenvalue weighted by Crippen LogP contribution is 2.31. The fraction of sp³-hybridized carbons (Fsp3) is 0.929. The molecule has 0 bridgehead atoms. The zero-order valence-corrected chi connectivity index (χ0v) is 11.9. The summed E-state index contributed by atoms with van der Waals surface area (Å²) in [5.41, 5.74) is 0. The van der Waals surface area contributed by atoms with E-state index < -0.39 is 0 Å². The largest absolute Gasteiger partial charge is 0.362 e. The van der Waals surface area contributed by atoms with Crippen molar-refractivity contribution in [3.8, 4) is 0 Å². The van der Waals surface area contributed by atoms with E-state index in [1.165, 1.54) is 62.3 Å². The van der Waals surface area contributed by atoms with Crippen LogP contribution in [-0.4, -0.2) is 23.5 Å². The van der Waals surface area contributed by atoms with E-state index in [4.69, 9.17) is 4.99 Å². The summed E-state index contributed by atoms with van der Waals surface area (Å²) in [6.07, 6.45) is 10.9. The van der Waals surface area contributed by atoms with Crippen molar-refractivity contribution in [3.05, 3.63) is 0 Å². The second kappa shape index (κ2) is 7.30. The molecule has 0 aromatic rings. The lowest BCUT2D eigenvalue weighted by molar-refractivity contribution is 0.311. The summed E-state index contributed by atoms with van der Waals surface area (Å²) >= 11 is 1.95. The Morgan fingerprint density at radius 2 is 2.12 bits per heavy atom. The van der Waals surface area contributed by atoms with Crippen LogP contribution in [0.5, 0.6) is 0 Å². The maximum absolute atomic E-state index is 4.71. The van der Waals surface area contributed by atoms with E-state index in [0.717, 1.165) is 18.5 Å². The first-order valence-electron chi connectivity index (χ1n) is 7.34. The molecule has 2 atom stereocenters. The van der Waals surface area contributed by atoms with Crippen molar-refractivity contribution in [1.82, 2.24) is 5.32 Å². The highest BCUT2D eigenvalue weighted by atomic mass is 32.2. The van der Waals surface area contributed by atoms with Crippen molar-refractivity contribution < 1.29 is 0 Å². The first kappa shape index (κ1) is 13.3. The van der Waals surface area contributed by atoms with Crippen LogP contribution in [0.3, 0.4) is 0 Å². The van der Waals surface area contributed by atoms with Crippen molar-refractivity contribution in [2.24, 2.45) is 10.9 Å². The molecule has 2 nitrogen and oxygen atoms in total. The number of aliphatic imine (C=N–C) groups is 1. The van der Waals surface area contributed by atoms with Gasteiger partial charge in [0.1, 0.15) is 0 Å². The number of nitrogens with zero attached hydrogens (tertiary/aromatic N) is 1. The molecule has 0 aromatic carbocycles. The smallest absolute Gasteiger partial charge is 0.156 e. The van der Waals surface area contributed by atoms with Gasteiger partial charge in [-0.3, -0.25) is 4.99 Å². The summed E-state index contributed by atoms with van der Waals surface area (Å²) in [6.45, 7) is 3.28. The van der Waals surface area contributed by atoms with Crippen LogP contribution in [0.25, 0.3) is 0 Å². The molecule has 1 aliphatic carbocycles. The van der Waals surface area contributed by atoms with E-state index >= 15 is 0 Å². The molecular weight excluding hydrogens is 228 g/mol. The Morgan fingerprint density at radius 3 is 3.00 bits per heavy atom. The quantitative estimate of drug-likeness (QED) is 0.754. The van der Waals surface area contributed by atoms with Crippen LogP contribution in [-0.2, 0) is 0 Å². The van der Waals surface area contributed by atoms with Gasteiger partial charge in [-0.1, -0.05) is 50.8 Å². The minimum absolute atomic E-state index is 0.736.